The van der Waals surface area contributed by atoms with Gasteiger partial charge in [0.1, 0.15) is 11.5 Å². The summed E-state index contributed by atoms with van der Waals surface area (Å²) in [5.41, 5.74) is 1.07. The molecule has 1 saturated heterocycles. The van der Waals surface area contributed by atoms with Crippen LogP contribution >= 0.6 is 36.2 Å². The molecule has 0 radical (unpaired) electrons. The van der Waals surface area contributed by atoms with Crippen molar-refractivity contribution in [3.63, 3.8) is 0 Å². The average Bonchev–Trinajstić information content (AvgIpc) is 2.97. The number of halogens is 3. The van der Waals surface area contributed by atoms with Crippen LogP contribution in [0.15, 0.2) is 29.6 Å². The summed E-state index contributed by atoms with van der Waals surface area (Å²) in [5.74, 6) is -0.272. The predicted molar refractivity (Wildman–Crippen MR) is 99.2 cm³/mol. The Morgan fingerprint density at radius 2 is 2.17 bits per heavy atom. The fraction of sp³-hybridized carbons (Fsp3) is 0.375. The number of carbonyl (C=O) groups is 1. The second-order valence-electron chi connectivity index (χ2n) is 5.50. The summed E-state index contributed by atoms with van der Waals surface area (Å²) in [7, 11) is 0. The number of nitrogens with one attached hydrogen (secondary N) is 1. The Hall–Kier alpha value is -1.21. The highest BCUT2D eigenvalue weighted by Gasteiger charge is 2.23. The molecule has 0 aliphatic carbocycles. The Morgan fingerprint density at radius 1 is 1.42 bits per heavy atom. The van der Waals surface area contributed by atoms with Crippen molar-refractivity contribution in [1.29, 1.82) is 0 Å². The molecular formula is C16H20Cl2FN3OS. The van der Waals surface area contributed by atoms with Crippen molar-refractivity contribution in [2.24, 2.45) is 0 Å². The number of rotatable bonds is 3. The molecule has 1 N–H and O–H groups in total. The van der Waals surface area contributed by atoms with Crippen LogP contribution in [0.2, 0.25) is 0 Å². The van der Waals surface area contributed by atoms with Crippen LogP contribution in [-0.4, -0.2) is 41.5 Å². The monoisotopic (exact) mass is 391 g/mol. The third-order valence-electron chi connectivity index (χ3n) is 3.73. The molecular weight excluding hydrogens is 372 g/mol. The molecule has 4 nitrogen and oxygen atoms in total. The van der Waals surface area contributed by atoms with Gasteiger partial charge in [-0.15, -0.1) is 36.2 Å². The predicted octanol–water partition coefficient (Wildman–Crippen LogP) is 3.15. The van der Waals surface area contributed by atoms with E-state index in [9.17, 15) is 9.18 Å². The number of aromatic nitrogens is 1. The lowest BCUT2D eigenvalue weighted by Gasteiger charge is -2.31. The van der Waals surface area contributed by atoms with Crippen LogP contribution in [0.25, 0.3) is 0 Å². The van der Waals surface area contributed by atoms with Gasteiger partial charge in [-0.3, -0.25) is 4.79 Å². The number of hydrogen-bond acceptors (Lipinski definition) is 4. The second-order valence-corrected chi connectivity index (χ2v) is 6.44. The first kappa shape index (κ1) is 20.8. The van der Waals surface area contributed by atoms with Crippen LogP contribution in [-0.2, 0) is 6.42 Å². The van der Waals surface area contributed by atoms with Gasteiger partial charge < -0.3 is 10.2 Å². The van der Waals surface area contributed by atoms with Crippen LogP contribution < -0.4 is 5.32 Å². The maximum Gasteiger partial charge on any atom is 0.273 e. The first-order valence-corrected chi connectivity index (χ1v) is 8.22. The highest BCUT2D eigenvalue weighted by atomic mass is 35.5. The van der Waals surface area contributed by atoms with E-state index in [2.05, 4.69) is 17.2 Å². The number of piperazine rings is 1. The molecule has 1 amide bonds. The largest absolute Gasteiger partial charge is 0.334 e. The van der Waals surface area contributed by atoms with Crippen molar-refractivity contribution in [1.82, 2.24) is 15.2 Å². The van der Waals surface area contributed by atoms with Crippen molar-refractivity contribution < 1.29 is 9.18 Å². The quantitative estimate of drug-likeness (QED) is 0.873. The zero-order valence-electron chi connectivity index (χ0n) is 13.2. The molecule has 1 aliphatic rings. The molecule has 0 spiro atoms. The Kier molecular flexibility index (Phi) is 8.09. The topological polar surface area (TPSA) is 45.2 Å². The van der Waals surface area contributed by atoms with Crippen molar-refractivity contribution in [2.45, 2.75) is 19.4 Å². The van der Waals surface area contributed by atoms with Gasteiger partial charge in [-0.25, -0.2) is 9.37 Å². The summed E-state index contributed by atoms with van der Waals surface area (Å²) in [4.78, 5) is 18.7. The van der Waals surface area contributed by atoms with Crippen molar-refractivity contribution in [3.05, 3.63) is 51.7 Å². The number of nitrogens with zero attached hydrogens (tertiary/aromatic N) is 2. The van der Waals surface area contributed by atoms with E-state index in [-0.39, 0.29) is 36.5 Å². The zero-order valence-corrected chi connectivity index (χ0v) is 15.6. The normalized spacial score (nSPS) is 16.9. The van der Waals surface area contributed by atoms with E-state index in [4.69, 9.17) is 0 Å². The number of thiazole rings is 1. The minimum Gasteiger partial charge on any atom is -0.334 e. The van der Waals surface area contributed by atoms with E-state index >= 15 is 0 Å². The molecule has 132 valence electrons. The lowest BCUT2D eigenvalue weighted by molar-refractivity contribution is 0.0704. The molecule has 1 aromatic carbocycles. The Morgan fingerprint density at radius 3 is 2.88 bits per heavy atom. The highest BCUT2D eigenvalue weighted by Crippen LogP contribution is 2.18. The Balaban J connectivity index is 0.00000144. The zero-order chi connectivity index (χ0) is 15.5. The van der Waals surface area contributed by atoms with Gasteiger partial charge in [-0.1, -0.05) is 18.2 Å². The van der Waals surface area contributed by atoms with E-state index in [0.717, 1.165) is 11.6 Å². The molecule has 1 aromatic heterocycles. The molecule has 0 saturated carbocycles. The van der Waals surface area contributed by atoms with Crippen LogP contribution in [0.4, 0.5) is 4.39 Å². The fourth-order valence-electron chi connectivity index (χ4n) is 2.57. The Bertz CT molecular complexity index is 683. The van der Waals surface area contributed by atoms with E-state index in [1.165, 1.54) is 17.4 Å². The molecule has 1 atom stereocenters. The third kappa shape index (κ3) is 4.89. The summed E-state index contributed by atoms with van der Waals surface area (Å²) in [6.07, 6.45) is 0.419. The molecule has 2 aromatic rings. The molecule has 1 fully saturated rings. The van der Waals surface area contributed by atoms with Gasteiger partial charge in [-0.2, -0.15) is 0 Å². The van der Waals surface area contributed by atoms with Gasteiger partial charge in [0, 0.05) is 37.5 Å². The highest BCUT2D eigenvalue weighted by molar-refractivity contribution is 7.09. The van der Waals surface area contributed by atoms with Gasteiger partial charge in [0.25, 0.3) is 5.91 Å². The van der Waals surface area contributed by atoms with Crippen LogP contribution in [0.1, 0.15) is 28.0 Å². The van der Waals surface area contributed by atoms with Gasteiger partial charge in [0.05, 0.1) is 5.01 Å². The number of hydrogen-bond donors (Lipinski definition) is 1. The molecule has 1 aliphatic heterocycles. The van der Waals surface area contributed by atoms with E-state index in [1.807, 2.05) is 4.90 Å². The standard InChI is InChI=1S/C16H18FN3OS.2ClH/c1-11-9-20(7-6-18-11)16(21)14-10-22-15(19-14)8-12-4-2-3-5-13(12)17;;/h2-5,10-11,18H,6-9H2,1H3;2*1H. The van der Waals surface area contributed by atoms with Crippen LogP contribution in [0.3, 0.4) is 0 Å². The average molecular weight is 392 g/mol. The minimum absolute atomic E-state index is 0. The lowest BCUT2D eigenvalue weighted by Crippen LogP contribution is -2.51. The molecule has 0 bridgehead atoms. The summed E-state index contributed by atoms with van der Waals surface area (Å²) < 4.78 is 13.7. The SMILES string of the molecule is CC1CN(C(=O)c2csc(Cc3ccccc3F)n2)CCN1.Cl.Cl. The van der Waals surface area contributed by atoms with Gasteiger partial charge in [0.2, 0.25) is 0 Å². The Labute approximate surface area is 157 Å². The summed E-state index contributed by atoms with van der Waals surface area (Å²) >= 11 is 1.41. The molecule has 24 heavy (non-hydrogen) atoms. The molecule has 2 heterocycles. The summed E-state index contributed by atoms with van der Waals surface area (Å²) in [6, 6.07) is 6.96. The van der Waals surface area contributed by atoms with Crippen molar-refractivity contribution >= 4 is 42.1 Å². The minimum atomic E-state index is -0.235. The smallest absolute Gasteiger partial charge is 0.273 e. The van der Waals surface area contributed by atoms with Crippen molar-refractivity contribution in [3.8, 4) is 0 Å². The number of carbonyl (C=O) groups excluding carboxylic acids is 1. The summed E-state index contributed by atoms with van der Waals surface area (Å²) in [5, 5.41) is 5.84. The lowest BCUT2D eigenvalue weighted by atomic mass is 10.1. The van der Waals surface area contributed by atoms with Gasteiger partial charge in [0.15, 0.2) is 0 Å². The molecule has 3 rings (SSSR count). The van der Waals surface area contributed by atoms with E-state index in [1.54, 1.807) is 23.6 Å². The van der Waals surface area contributed by atoms with E-state index < -0.39 is 0 Å². The third-order valence-corrected chi connectivity index (χ3v) is 4.58. The van der Waals surface area contributed by atoms with Gasteiger partial charge in [-0.05, 0) is 18.6 Å². The number of benzene rings is 1. The van der Waals surface area contributed by atoms with E-state index in [0.29, 0.717) is 36.8 Å². The first-order chi connectivity index (χ1) is 10.6. The van der Waals surface area contributed by atoms with Crippen LogP contribution in [0.5, 0.6) is 0 Å². The summed E-state index contributed by atoms with van der Waals surface area (Å²) in [6.45, 7) is 4.26. The van der Waals surface area contributed by atoms with Gasteiger partial charge >= 0.3 is 0 Å². The maximum atomic E-state index is 13.7. The van der Waals surface area contributed by atoms with Crippen LogP contribution in [0, 0.1) is 5.82 Å². The molecule has 1 unspecified atom stereocenters. The maximum absolute atomic E-state index is 13.7. The number of amides is 1. The van der Waals surface area contributed by atoms with Crippen molar-refractivity contribution in [2.75, 3.05) is 19.6 Å². The second kappa shape index (κ2) is 9.32. The first-order valence-electron chi connectivity index (χ1n) is 7.34. The molecule has 8 heteroatoms. The fourth-order valence-corrected chi connectivity index (χ4v) is 3.36.